The van der Waals surface area contributed by atoms with Crippen LogP contribution in [0.4, 0.5) is 5.69 Å². The Morgan fingerprint density at radius 2 is 2.07 bits per heavy atom. The van der Waals surface area contributed by atoms with E-state index in [0.29, 0.717) is 28.2 Å². The van der Waals surface area contributed by atoms with Crippen LogP contribution in [0.25, 0.3) is 6.08 Å². The molecule has 2 aromatic carbocycles. The molecule has 3 rings (SSSR count). The van der Waals surface area contributed by atoms with Gasteiger partial charge in [0.1, 0.15) is 6.61 Å². The van der Waals surface area contributed by atoms with Crippen molar-refractivity contribution in [3.05, 3.63) is 70.1 Å². The second kappa shape index (κ2) is 8.92. The monoisotopic (exact) mass is 444 g/mol. The molecule has 0 unspecified atom stereocenters. The molecule has 0 atom stereocenters. The summed E-state index contributed by atoms with van der Waals surface area (Å²) in [5.41, 5.74) is 1.60. The number of carbonyl (C=O) groups excluding carboxylic acids is 1. The molecule has 1 aliphatic heterocycles. The number of methoxy groups -OCH3 is 1. The lowest BCUT2D eigenvalue weighted by atomic mass is 10.2. The van der Waals surface area contributed by atoms with Gasteiger partial charge >= 0.3 is 0 Å². The third kappa shape index (κ3) is 4.81. The Morgan fingerprint density at radius 3 is 2.78 bits per heavy atom. The average molecular weight is 445 g/mol. The first-order valence-electron chi connectivity index (χ1n) is 8.06. The number of amidine groups is 1. The van der Waals surface area contributed by atoms with Crippen molar-refractivity contribution < 1.29 is 14.3 Å². The normalized spacial score (nSPS) is 16.4. The highest BCUT2D eigenvalue weighted by Gasteiger charge is 2.24. The Morgan fingerprint density at radius 1 is 1.30 bits per heavy atom. The number of ether oxygens (including phenoxy) is 2. The Hall–Kier alpha value is -2.51. The van der Waals surface area contributed by atoms with E-state index in [1.54, 1.807) is 19.3 Å². The molecule has 1 aliphatic rings. The van der Waals surface area contributed by atoms with Crippen LogP contribution in [0.2, 0.25) is 0 Å². The van der Waals surface area contributed by atoms with Crippen LogP contribution in [0, 0.1) is 0 Å². The Labute approximate surface area is 170 Å². The molecule has 0 aliphatic carbocycles. The average Bonchev–Trinajstić information content (AvgIpc) is 3.00. The van der Waals surface area contributed by atoms with Gasteiger partial charge in [-0.25, -0.2) is 4.99 Å². The van der Waals surface area contributed by atoms with Crippen molar-refractivity contribution >= 4 is 50.5 Å². The number of carbonyl (C=O) groups is 1. The summed E-state index contributed by atoms with van der Waals surface area (Å²) in [6.07, 6.45) is 3.45. The third-order valence-corrected chi connectivity index (χ3v) is 5.03. The van der Waals surface area contributed by atoms with Crippen LogP contribution < -0.4 is 14.8 Å². The molecule has 0 bridgehead atoms. The van der Waals surface area contributed by atoms with Gasteiger partial charge in [0.25, 0.3) is 5.91 Å². The van der Waals surface area contributed by atoms with Gasteiger partial charge in [-0.2, -0.15) is 0 Å². The van der Waals surface area contributed by atoms with Crippen LogP contribution in [0.5, 0.6) is 11.5 Å². The molecule has 138 valence electrons. The van der Waals surface area contributed by atoms with E-state index in [0.717, 1.165) is 15.7 Å². The SMILES string of the molecule is C=CCOc1c(Br)cc(/C=C2\SC(=Nc3ccccc3)NC2=O)cc1OC. The number of rotatable bonds is 6. The van der Waals surface area contributed by atoms with E-state index in [1.165, 1.54) is 11.8 Å². The predicted octanol–water partition coefficient (Wildman–Crippen LogP) is 4.91. The van der Waals surface area contributed by atoms with E-state index in [-0.39, 0.29) is 5.91 Å². The fourth-order valence-corrected chi connectivity index (χ4v) is 3.77. The van der Waals surface area contributed by atoms with E-state index >= 15 is 0 Å². The molecule has 5 nitrogen and oxygen atoms in total. The molecule has 1 fully saturated rings. The minimum atomic E-state index is -0.184. The molecule has 1 saturated heterocycles. The van der Waals surface area contributed by atoms with Crippen molar-refractivity contribution in [3.8, 4) is 11.5 Å². The molecular formula is C20H17BrN2O3S. The lowest BCUT2D eigenvalue weighted by Crippen LogP contribution is -2.19. The van der Waals surface area contributed by atoms with Crippen LogP contribution in [0.1, 0.15) is 5.56 Å². The molecule has 27 heavy (non-hydrogen) atoms. The zero-order valence-corrected chi connectivity index (χ0v) is 17.0. The van der Waals surface area contributed by atoms with Crippen molar-refractivity contribution in [3.63, 3.8) is 0 Å². The highest BCUT2D eigenvalue weighted by atomic mass is 79.9. The van der Waals surface area contributed by atoms with Crippen LogP contribution in [0.3, 0.4) is 0 Å². The maximum atomic E-state index is 12.3. The number of nitrogens with one attached hydrogen (secondary N) is 1. The standard InChI is InChI=1S/C20H17BrN2O3S/c1-3-9-26-18-15(21)10-13(11-16(18)25-2)12-17-19(24)23-20(27-17)22-14-7-5-4-6-8-14/h3-8,10-12H,1,9H2,2H3,(H,22,23,24)/b17-12-. The van der Waals surface area contributed by atoms with Gasteiger partial charge in [0.05, 0.1) is 22.2 Å². The fourth-order valence-electron chi connectivity index (χ4n) is 2.36. The zero-order valence-electron chi connectivity index (χ0n) is 14.6. The van der Waals surface area contributed by atoms with Crippen LogP contribution in [0.15, 0.2) is 69.5 Å². The molecule has 0 radical (unpaired) electrons. The number of hydrogen-bond acceptors (Lipinski definition) is 5. The second-order valence-electron chi connectivity index (χ2n) is 5.45. The quantitative estimate of drug-likeness (QED) is 0.507. The molecular weight excluding hydrogens is 428 g/mol. The highest BCUT2D eigenvalue weighted by molar-refractivity contribution is 9.10. The molecule has 0 spiro atoms. The van der Waals surface area contributed by atoms with Crippen LogP contribution in [-0.4, -0.2) is 24.8 Å². The van der Waals surface area contributed by atoms with Gasteiger partial charge in [-0.1, -0.05) is 30.9 Å². The summed E-state index contributed by atoms with van der Waals surface area (Å²) in [7, 11) is 1.57. The minimum absolute atomic E-state index is 0.184. The lowest BCUT2D eigenvalue weighted by molar-refractivity contribution is -0.115. The maximum absolute atomic E-state index is 12.3. The number of para-hydroxylation sites is 1. The molecule has 2 aromatic rings. The number of aliphatic imine (C=N–C) groups is 1. The highest BCUT2D eigenvalue weighted by Crippen LogP contribution is 2.38. The van der Waals surface area contributed by atoms with Crippen molar-refractivity contribution in [1.82, 2.24) is 5.32 Å². The first-order chi connectivity index (χ1) is 13.1. The number of nitrogens with zero attached hydrogens (tertiary/aromatic N) is 1. The van der Waals surface area contributed by atoms with Gasteiger partial charge in [-0.3, -0.25) is 4.79 Å². The largest absolute Gasteiger partial charge is 0.493 e. The molecule has 0 aromatic heterocycles. The first-order valence-corrected chi connectivity index (χ1v) is 9.67. The van der Waals surface area contributed by atoms with Gasteiger partial charge in [-0.15, -0.1) is 0 Å². The Balaban J connectivity index is 1.86. The summed E-state index contributed by atoms with van der Waals surface area (Å²) < 4.78 is 11.8. The van der Waals surface area contributed by atoms with E-state index in [4.69, 9.17) is 9.47 Å². The van der Waals surface area contributed by atoms with Crippen molar-refractivity contribution in [2.75, 3.05) is 13.7 Å². The van der Waals surface area contributed by atoms with E-state index in [9.17, 15) is 4.79 Å². The van der Waals surface area contributed by atoms with Crippen molar-refractivity contribution in [2.24, 2.45) is 4.99 Å². The van der Waals surface area contributed by atoms with E-state index in [1.807, 2.05) is 42.5 Å². The van der Waals surface area contributed by atoms with Crippen LogP contribution >= 0.6 is 27.7 Å². The predicted molar refractivity (Wildman–Crippen MR) is 114 cm³/mol. The van der Waals surface area contributed by atoms with Crippen LogP contribution in [-0.2, 0) is 4.79 Å². The first kappa shape index (κ1) is 19.3. The van der Waals surface area contributed by atoms with Gasteiger partial charge in [-0.05, 0) is 63.6 Å². The molecule has 7 heteroatoms. The minimum Gasteiger partial charge on any atom is -0.493 e. The fraction of sp³-hybridized carbons (Fsp3) is 0.100. The third-order valence-electron chi connectivity index (χ3n) is 3.53. The second-order valence-corrected chi connectivity index (χ2v) is 7.34. The van der Waals surface area contributed by atoms with E-state index in [2.05, 4.69) is 32.8 Å². The maximum Gasteiger partial charge on any atom is 0.264 e. The summed E-state index contributed by atoms with van der Waals surface area (Å²) in [6.45, 7) is 4.01. The number of thioether (sulfide) groups is 1. The van der Waals surface area contributed by atoms with Gasteiger partial charge in [0.15, 0.2) is 16.7 Å². The zero-order chi connectivity index (χ0) is 19.2. The summed E-state index contributed by atoms with van der Waals surface area (Å²) in [4.78, 5) is 17.3. The van der Waals surface area contributed by atoms with Crippen molar-refractivity contribution in [2.45, 2.75) is 0 Å². The van der Waals surface area contributed by atoms with Gasteiger partial charge < -0.3 is 14.8 Å². The van der Waals surface area contributed by atoms with E-state index < -0.39 is 0 Å². The smallest absolute Gasteiger partial charge is 0.264 e. The number of halogens is 1. The number of hydrogen-bond donors (Lipinski definition) is 1. The Bertz CT molecular complexity index is 926. The van der Waals surface area contributed by atoms with Gasteiger partial charge in [0.2, 0.25) is 0 Å². The summed E-state index contributed by atoms with van der Waals surface area (Å²) in [6, 6.07) is 13.2. The molecule has 0 saturated carbocycles. The molecule has 1 N–H and O–H groups in total. The lowest BCUT2D eigenvalue weighted by Gasteiger charge is -2.12. The van der Waals surface area contributed by atoms with Gasteiger partial charge in [0, 0.05) is 0 Å². The Kier molecular flexibility index (Phi) is 6.36. The summed E-state index contributed by atoms with van der Waals surface area (Å²) in [5.74, 6) is 0.978. The summed E-state index contributed by atoms with van der Waals surface area (Å²) in [5, 5.41) is 3.33. The molecule has 1 amide bonds. The summed E-state index contributed by atoms with van der Waals surface area (Å²) >= 11 is 4.79. The topological polar surface area (TPSA) is 59.9 Å². The number of benzene rings is 2. The van der Waals surface area contributed by atoms with Crippen molar-refractivity contribution in [1.29, 1.82) is 0 Å². The molecule has 1 heterocycles. The number of amides is 1.